The molecular formula is C19H20BrNO6. The Morgan fingerprint density at radius 3 is 2.19 bits per heavy atom. The maximum atomic E-state index is 12.4. The van der Waals surface area contributed by atoms with E-state index in [0.29, 0.717) is 17.2 Å². The Kier molecular flexibility index (Phi) is 7.06. The zero-order chi connectivity index (χ0) is 20.0. The van der Waals surface area contributed by atoms with Crippen molar-refractivity contribution in [2.45, 2.75) is 6.92 Å². The molecule has 0 atom stereocenters. The summed E-state index contributed by atoms with van der Waals surface area (Å²) < 4.78 is 21.6. The van der Waals surface area contributed by atoms with Gasteiger partial charge in [0.2, 0.25) is 0 Å². The van der Waals surface area contributed by atoms with Crippen LogP contribution in [0.3, 0.4) is 0 Å². The van der Waals surface area contributed by atoms with Crippen LogP contribution in [0.2, 0.25) is 0 Å². The van der Waals surface area contributed by atoms with Crippen molar-refractivity contribution >= 4 is 33.5 Å². The van der Waals surface area contributed by atoms with Crippen molar-refractivity contribution in [2.75, 3.05) is 33.3 Å². The summed E-state index contributed by atoms with van der Waals surface area (Å²) in [7, 11) is 4.35. The number of hydrogen-bond donors (Lipinski definition) is 1. The molecule has 0 aliphatic rings. The number of aryl methyl sites for hydroxylation is 1. The minimum absolute atomic E-state index is 0.128. The summed E-state index contributed by atoms with van der Waals surface area (Å²) >= 11 is 3.36. The van der Waals surface area contributed by atoms with Gasteiger partial charge in [-0.15, -0.1) is 0 Å². The topological polar surface area (TPSA) is 83.1 Å². The fourth-order valence-corrected chi connectivity index (χ4v) is 2.83. The van der Waals surface area contributed by atoms with Gasteiger partial charge in [0.05, 0.1) is 21.3 Å². The summed E-state index contributed by atoms with van der Waals surface area (Å²) in [4.78, 5) is 24.5. The van der Waals surface area contributed by atoms with Crippen LogP contribution in [0.5, 0.6) is 17.2 Å². The Balaban J connectivity index is 2.07. The normalized spacial score (nSPS) is 10.1. The van der Waals surface area contributed by atoms with Crippen LogP contribution in [-0.2, 0) is 9.53 Å². The number of anilines is 1. The van der Waals surface area contributed by atoms with Crippen molar-refractivity contribution in [3.05, 3.63) is 45.9 Å². The van der Waals surface area contributed by atoms with Gasteiger partial charge in [-0.05, 0) is 30.7 Å². The van der Waals surface area contributed by atoms with Crippen molar-refractivity contribution in [3.63, 3.8) is 0 Å². The van der Waals surface area contributed by atoms with Crippen LogP contribution in [0.15, 0.2) is 34.8 Å². The summed E-state index contributed by atoms with van der Waals surface area (Å²) in [6.45, 7) is 1.42. The first kappa shape index (κ1) is 20.6. The molecule has 0 unspecified atom stereocenters. The first-order chi connectivity index (χ1) is 12.9. The van der Waals surface area contributed by atoms with Crippen LogP contribution >= 0.6 is 15.9 Å². The van der Waals surface area contributed by atoms with Gasteiger partial charge in [-0.1, -0.05) is 15.9 Å². The van der Waals surface area contributed by atoms with Gasteiger partial charge in [0.1, 0.15) is 11.3 Å². The molecule has 0 saturated carbocycles. The van der Waals surface area contributed by atoms with Crippen LogP contribution < -0.4 is 19.5 Å². The molecule has 0 bridgehead atoms. The second kappa shape index (κ2) is 9.27. The number of ether oxygens (including phenoxy) is 4. The van der Waals surface area contributed by atoms with E-state index in [-0.39, 0.29) is 11.3 Å². The molecule has 0 aliphatic heterocycles. The van der Waals surface area contributed by atoms with E-state index in [2.05, 4.69) is 21.2 Å². The lowest BCUT2D eigenvalue weighted by molar-refractivity contribution is -0.119. The zero-order valence-electron chi connectivity index (χ0n) is 15.4. The highest BCUT2D eigenvalue weighted by atomic mass is 79.9. The third-order valence-corrected chi connectivity index (χ3v) is 4.22. The van der Waals surface area contributed by atoms with Gasteiger partial charge >= 0.3 is 5.97 Å². The molecule has 7 nitrogen and oxygen atoms in total. The van der Waals surface area contributed by atoms with E-state index in [1.54, 1.807) is 6.07 Å². The second-order valence-corrected chi connectivity index (χ2v) is 6.41. The maximum Gasteiger partial charge on any atom is 0.342 e. The highest BCUT2D eigenvalue weighted by molar-refractivity contribution is 9.10. The Morgan fingerprint density at radius 1 is 0.963 bits per heavy atom. The average Bonchev–Trinajstić information content (AvgIpc) is 2.67. The van der Waals surface area contributed by atoms with E-state index in [4.69, 9.17) is 18.9 Å². The molecule has 144 valence electrons. The minimum atomic E-state index is -0.713. The summed E-state index contributed by atoms with van der Waals surface area (Å²) in [5.41, 5.74) is 1.65. The molecule has 2 rings (SSSR count). The number of benzene rings is 2. The molecule has 2 aromatic carbocycles. The first-order valence-corrected chi connectivity index (χ1v) is 8.72. The molecule has 0 fully saturated rings. The fourth-order valence-electron chi connectivity index (χ4n) is 2.35. The van der Waals surface area contributed by atoms with Crippen LogP contribution in [0.25, 0.3) is 0 Å². The van der Waals surface area contributed by atoms with Crippen molar-refractivity contribution in [3.8, 4) is 17.2 Å². The highest BCUT2D eigenvalue weighted by Gasteiger charge is 2.20. The number of hydrogen-bond acceptors (Lipinski definition) is 6. The van der Waals surface area contributed by atoms with Crippen molar-refractivity contribution in [2.24, 2.45) is 0 Å². The van der Waals surface area contributed by atoms with Crippen molar-refractivity contribution in [1.82, 2.24) is 0 Å². The number of carbonyl (C=O) groups is 2. The van der Waals surface area contributed by atoms with E-state index in [0.717, 1.165) is 10.0 Å². The number of amides is 1. The molecular weight excluding hydrogens is 418 g/mol. The molecule has 1 amide bonds. The van der Waals surface area contributed by atoms with Crippen LogP contribution in [0.4, 0.5) is 5.69 Å². The van der Waals surface area contributed by atoms with E-state index in [9.17, 15) is 9.59 Å². The quantitative estimate of drug-likeness (QED) is 0.666. The largest absolute Gasteiger partial charge is 0.496 e. The number of halogens is 1. The standard InChI is InChI=1S/C19H20BrNO6/c1-11-7-12(20)5-6-14(11)21-18(22)10-27-19(23)13-8-16(25-3)17(26-4)9-15(13)24-2/h5-9H,10H2,1-4H3,(H,21,22). The lowest BCUT2D eigenvalue weighted by atomic mass is 10.1. The van der Waals surface area contributed by atoms with E-state index >= 15 is 0 Å². The van der Waals surface area contributed by atoms with E-state index < -0.39 is 18.5 Å². The molecule has 0 radical (unpaired) electrons. The van der Waals surface area contributed by atoms with Gasteiger partial charge in [-0.2, -0.15) is 0 Å². The Labute approximate surface area is 165 Å². The molecule has 1 N–H and O–H groups in total. The summed E-state index contributed by atoms with van der Waals surface area (Å²) in [6.07, 6.45) is 0. The number of esters is 1. The maximum absolute atomic E-state index is 12.4. The van der Waals surface area contributed by atoms with Crippen LogP contribution in [0.1, 0.15) is 15.9 Å². The number of nitrogens with one attached hydrogen (secondary N) is 1. The Morgan fingerprint density at radius 2 is 1.59 bits per heavy atom. The number of carbonyl (C=O) groups excluding carboxylic acids is 2. The predicted molar refractivity (Wildman–Crippen MR) is 104 cm³/mol. The van der Waals surface area contributed by atoms with Crippen LogP contribution in [-0.4, -0.2) is 39.8 Å². The Hall–Kier alpha value is -2.74. The summed E-state index contributed by atoms with van der Waals surface area (Å²) in [5.74, 6) is -0.153. The van der Waals surface area contributed by atoms with Crippen LogP contribution in [0, 0.1) is 6.92 Å². The van der Waals surface area contributed by atoms with Gasteiger partial charge in [-0.3, -0.25) is 4.79 Å². The number of methoxy groups -OCH3 is 3. The monoisotopic (exact) mass is 437 g/mol. The minimum Gasteiger partial charge on any atom is -0.496 e. The van der Waals surface area contributed by atoms with E-state index in [1.807, 2.05) is 19.1 Å². The first-order valence-electron chi connectivity index (χ1n) is 7.92. The third kappa shape index (κ3) is 5.13. The SMILES string of the molecule is COc1cc(OC)c(C(=O)OCC(=O)Nc2ccc(Br)cc2C)cc1OC. The Bertz CT molecular complexity index is 852. The average molecular weight is 438 g/mol. The lowest BCUT2D eigenvalue weighted by Crippen LogP contribution is -2.21. The molecule has 0 aromatic heterocycles. The smallest absolute Gasteiger partial charge is 0.342 e. The van der Waals surface area contributed by atoms with Gasteiger partial charge in [-0.25, -0.2) is 4.79 Å². The van der Waals surface area contributed by atoms with Gasteiger partial charge < -0.3 is 24.3 Å². The van der Waals surface area contributed by atoms with Crippen molar-refractivity contribution in [1.29, 1.82) is 0 Å². The second-order valence-electron chi connectivity index (χ2n) is 5.49. The van der Waals surface area contributed by atoms with Gasteiger partial charge in [0.25, 0.3) is 5.91 Å². The molecule has 0 aliphatic carbocycles. The summed E-state index contributed by atoms with van der Waals surface area (Å²) in [6, 6.07) is 8.40. The predicted octanol–water partition coefficient (Wildman–Crippen LogP) is 3.58. The van der Waals surface area contributed by atoms with E-state index in [1.165, 1.54) is 33.5 Å². The fraction of sp³-hybridized carbons (Fsp3) is 0.263. The summed E-state index contributed by atoms with van der Waals surface area (Å²) in [5, 5.41) is 2.70. The third-order valence-electron chi connectivity index (χ3n) is 3.72. The molecule has 2 aromatic rings. The number of rotatable bonds is 7. The zero-order valence-corrected chi connectivity index (χ0v) is 17.0. The van der Waals surface area contributed by atoms with Gasteiger partial charge in [0, 0.05) is 22.3 Å². The van der Waals surface area contributed by atoms with Gasteiger partial charge in [0.15, 0.2) is 18.1 Å². The molecule has 0 saturated heterocycles. The van der Waals surface area contributed by atoms with Crippen molar-refractivity contribution < 1.29 is 28.5 Å². The lowest BCUT2D eigenvalue weighted by Gasteiger charge is -2.14. The molecule has 27 heavy (non-hydrogen) atoms. The highest BCUT2D eigenvalue weighted by Crippen LogP contribution is 2.34. The molecule has 0 spiro atoms. The molecule has 8 heteroatoms. The molecule has 0 heterocycles.